The summed E-state index contributed by atoms with van der Waals surface area (Å²) in [4.78, 5) is 10.1. The van der Waals surface area contributed by atoms with Crippen LogP contribution in [0.5, 0.6) is 0 Å². The molecule has 2 N–H and O–H groups in total. The molecule has 3 nitrogen and oxygen atoms in total. The first kappa shape index (κ1) is 11.2. The lowest BCUT2D eigenvalue weighted by Gasteiger charge is -1.98. The van der Waals surface area contributed by atoms with Gasteiger partial charge in [-0.25, -0.2) is 4.79 Å². The molecule has 0 radical (unpaired) electrons. The zero-order valence-corrected chi connectivity index (χ0v) is 7.36. The van der Waals surface area contributed by atoms with Gasteiger partial charge in [0.15, 0.2) is 6.10 Å². The van der Waals surface area contributed by atoms with Gasteiger partial charge in [-0.2, -0.15) is 0 Å². The fourth-order valence-electron chi connectivity index (χ4n) is 0.766. The van der Waals surface area contributed by atoms with Crippen LogP contribution in [0, 0.1) is 0 Å². The van der Waals surface area contributed by atoms with Crippen molar-refractivity contribution in [3.8, 4) is 0 Å². The smallest absolute Gasteiger partial charge is 0.332 e. The fraction of sp³-hybridized carbons (Fsp3) is 0.667. The summed E-state index contributed by atoms with van der Waals surface area (Å²) in [7, 11) is 0. The Hall–Kier alpha value is -0.830. The number of rotatable bonds is 6. The third kappa shape index (κ3) is 5.92. The lowest BCUT2D eigenvalue weighted by molar-refractivity contribution is -0.146. The first-order valence-corrected chi connectivity index (χ1v) is 4.24. The van der Waals surface area contributed by atoms with Crippen molar-refractivity contribution in [3.63, 3.8) is 0 Å². The molecule has 1 atom stereocenters. The van der Waals surface area contributed by atoms with Crippen LogP contribution in [0.15, 0.2) is 12.2 Å². The number of aliphatic hydroxyl groups excluding tert-OH is 1. The Bertz CT molecular complexity index is 152. The third-order valence-electron chi connectivity index (χ3n) is 1.54. The zero-order chi connectivity index (χ0) is 9.40. The van der Waals surface area contributed by atoms with Gasteiger partial charge in [0.2, 0.25) is 0 Å². The molecule has 12 heavy (non-hydrogen) atoms. The average Bonchev–Trinajstić information content (AvgIpc) is 2.03. The molecule has 0 amide bonds. The number of aliphatic hydroxyl groups is 1. The predicted molar refractivity (Wildman–Crippen MR) is 46.9 cm³/mol. The second-order valence-electron chi connectivity index (χ2n) is 2.70. The molecular weight excluding hydrogens is 156 g/mol. The van der Waals surface area contributed by atoms with Crippen molar-refractivity contribution in [2.75, 3.05) is 0 Å². The van der Waals surface area contributed by atoms with Gasteiger partial charge in [0.1, 0.15) is 0 Å². The molecule has 0 fully saturated rings. The van der Waals surface area contributed by atoms with Gasteiger partial charge in [-0.15, -0.1) is 0 Å². The van der Waals surface area contributed by atoms with Gasteiger partial charge >= 0.3 is 5.97 Å². The number of carboxylic acids is 1. The van der Waals surface area contributed by atoms with E-state index in [1.54, 1.807) is 6.08 Å². The third-order valence-corrected chi connectivity index (χ3v) is 1.54. The number of carboxylic acid groups (broad SMARTS) is 1. The normalized spacial score (nSPS) is 13.5. The first-order chi connectivity index (χ1) is 5.68. The Labute approximate surface area is 72.7 Å². The summed E-state index contributed by atoms with van der Waals surface area (Å²) in [6.07, 6.45) is 5.79. The Morgan fingerprint density at radius 1 is 1.50 bits per heavy atom. The van der Waals surface area contributed by atoms with Crippen molar-refractivity contribution < 1.29 is 15.0 Å². The van der Waals surface area contributed by atoms with E-state index in [-0.39, 0.29) is 6.42 Å². The van der Waals surface area contributed by atoms with Gasteiger partial charge in [-0.05, 0) is 6.42 Å². The highest BCUT2D eigenvalue weighted by atomic mass is 16.4. The molecule has 0 aromatic carbocycles. The van der Waals surface area contributed by atoms with Crippen LogP contribution >= 0.6 is 0 Å². The number of hydrogen-bond donors (Lipinski definition) is 2. The maximum Gasteiger partial charge on any atom is 0.332 e. The number of allylic oxidation sites excluding steroid dienone is 1. The number of carbonyl (C=O) groups is 1. The first-order valence-electron chi connectivity index (χ1n) is 4.24. The van der Waals surface area contributed by atoms with Gasteiger partial charge < -0.3 is 10.2 Å². The quantitative estimate of drug-likeness (QED) is 0.472. The zero-order valence-electron chi connectivity index (χ0n) is 7.36. The van der Waals surface area contributed by atoms with E-state index in [9.17, 15) is 4.79 Å². The van der Waals surface area contributed by atoms with E-state index in [4.69, 9.17) is 10.2 Å². The van der Waals surface area contributed by atoms with Crippen LogP contribution in [0.25, 0.3) is 0 Å². The van der Waals surface area contributed by atoms with Gasteiger partial charge in [0.25, 0.3) is 0 Å². The minimum absolute atomic E-state index is 0.207. The van der Waals surface area contributed by atoms with Crippen LogP contribution in [-0.4, -0.2) is 22.3 Å². The summed E-state index contributed by atoms with van der Waals surface area (Å²) >= 11 is 0. The predicted octanol–water partition coefficient (Wildman–Crippen LogP) is 1.57. The van der Waals surface area contributed by atoms with Crippen LogP contribution in [-0.2, 0) is 4.79 Å². The monoisotopic (exact) mass is 172 g/mol. The van der Waals surface area contributed by atoms with E-state index in [2.05, 4.69) is 6.92 Å². The highest BCUT2D eigenvalue weighted by molar-refractivity contribution is 5.72. The molecule has 0 saturated heterocycles. The van der Waals surface area contributed by atoms with Gasteiger partial charge in [-0.3, -0.25) is 0 Å². The number of unbranched alkanes of at least 4 members (excludes halogenated alkanes) is 2. The Morgan fingerprint density at radius 2 is 2.17 bits per heavy atom. The summed E-state index contributed by atoms with van der Waals surface area (Å²) in [5, 5.41) is 17.1. The van der Waals surface area contributed by atoms with Crippen LogP contribution in [0.2, 0.25) is 0 Å². The van der Waals surface area contributed by atoms with Crippen molar-refractivity contribution in [1.82, 2.24) is 0 Å². The Morgan fingerprint density at radius 3 is 2.67 bits per heavy atom. The van der Waals surface area contributed by atoms with Crippen molar-refractivity contribution in [3.05, 3.63) is 12.2 Å². The molecule has 0 heterocycles. The molecule has 1 unspecified atom stereocenters. The SMILES string of the molecule is CCCC/C=C/CC(O)C(=O)O. The average molecular weight is 172 g/mol. The lowest BCUT2D eigenvalue weighted by Crippen LogP contribution is -2.17. The summed E-state index contributed by atoms with van der Waals surface area (Å²) in [6.45, 7) is 2.10. The van der Waals surface area contributed by atoms with E-state index >= 15 is 0 Å². The molecule has 0 spiro atoms. The summed E-state index contributed by atoms with van der Waals surface area (Å²) in [5.74, 6) is -1.16. The maximum atomic E-state index is 10.1. The summed E-state index contributed by atoms with van der Waals surface area (Å²) in [6, 6.07) is 0. The maximum absolute atomic E-state index is 10.1. The standard InChI is InChI=1S/C9H16O3/c1-2-3-4-5-6-7-8(10)9(11)12/h5-6,8,10H,2-4,7H2,1H3,(H,11,12)/b6-5+. The molecule has 0 aliphatic rings. The number of hydrogen-bond acceptors (Lipinski definition) is 2. The molecule has 0 saturated carbocycles. The van der Waals surface area contributed by atoms with E-state index in [0.717, 1.165) is 19.3 Å². The molecule has 3 heteroatoms. The molecule has 70 valence electrons. The minimum atomic E-state index is -1.25. The lowest BCUT2D eigenvalue weighted by atomic mass is 10.2. The molecule has 0 aliphatic carbocycles. The topological polar surface area (TPSA) is 57.5 Å². The second-order valence-corrected chi connectivity index (χ2v) is 2.70. The second kappa shape index (κ2) is 6.85. The van der Waals surface area contributed by atoms with E-state index < -0.39 is 12.1 Å². The highest BCUT2D eigenvalue weighted by Crippen LogP contribution is 1.98. The summed E-state index contributed by atoms with van der Waals surface area (Å²) < 4.78 is 0. The van der Waals surface area contributed by atoms with E-state index in [1.807, 2.05) is 6.08 Å². The molecule has 0 aliphatic heterocycles. The minimum Gasteiger partial charge on any atom is -0.479 e. The fourth-order valence-corrected chi connectivity index (χ4v) is 0.766. The van der Waals surface area contributed by atoms with Gasteiger partial charge in [0.05, 0.1) is 0 Å². The molecule has 0 rings (SSSR count). The van der Waals surface area contributed by atoms with Gasteiger partial charge in [-0.1, -0.05) is 31.9 Å². The molecular formula is C9H16O3. The van der Waals surface area contributed by atoms with Crippen LogP contribution in [0.1, 0.15) is 32.6 Å². The molecule has 0 aromatic rings. The molecule has 0 bridgehead atoms. The van der Waals surface area contributed by atoms with Crippen LogP contribution in [0.4, 0.5) is 0 Å². The summed E-state index contributed by atoms with van der Waals surface area (Å²) in [5.41, 5.74) is 0. The Kier molecular flexibility index (Phi) is 6.38. The number of aliphatic carboxylic acids is 1. The van der Waals surface area contributed by atoms with E-state index in [1.165, 1.54) is 0 Å². The van der Waals surface area contributed by atoms with Crippen molar-refractivity contribution >= 4 is 5.97 Å². The highest BCUT2D eigenvalue weighted by Gasteiger charge is 2.09. The molecule has 0 aromatic heterocycles. The van der Waals surface area contributed by atoms with Crippen molar-refractivity contribution in [1.29, 1.82) is 0 Å². The van der Waals surface area contributed by atoms with Crippen LogP contribution < -0.4 is 0 Å². The van der Waals surface area contributed by atoms with Crippen LogP contribution in [0.3, 0.4) is 0 Å². The van der Waals surface area contributed by atoms with E-state index in [0.29, 0.717) is 0 Å². The van der Waals surface area contributed by atoms with Crippen molar-refractivity contribution in [2.24, 2.45) is 0 Å². The van der Waals surface area contributed by atoms with Crippen molar-refractivity contribution in [2.45, 2.75) is 38.7 Å². The Balaban J connectivity index is 3.40. The van der Waals surface area contributed by atoms with Gasteiger partial charge in [0, 0.05) is 6.42 Å². The largest absolute Gasteiger partial charge is 0.479 e.